The molecule has 2 N–H and O–H groups in total. The lowest BCUT2D eigenvalue weighted by atomic mass is 10.1. The van der Waals surface area contributed by atoms with Gasteiger partial charge in [0.1, 0.15) is 0 Å². The molecule has 1 fully saturated rings. The van der Waals surface area contributed by atoms with Crippen LogP contribution in [0.25, 0.3) is 0 Å². The van der Waals surface area contributed by atoms with Crippen molar-refractivity contribution in [3.8, 4) is 0 Å². The van der Waals surface area contributed by atoms with Crippen LogP contribution in [0.1, 0.15) is 0 Å². The van der Waals surface area contributed by atoms with E-state index < -0.39 is 12.3 Å². The Hall–Kier alpha value is -0.750. The van der Waals surface area contributed by atoms with Gasteiger partial charge in [-0.25, -0.2) is 0 Å². The minimum Gasteiger partial charge on any atom is -0.331 e. The van der Waals surface area contributed by atoms with E-state index in [9.17, 15) is 13.6 Å². The van der Waals surface area contributed by atoms with Crippen LogP contribution in [-0.4, -0.2) is 61.4 Å². The predicted molar refractivity (Wildman–Crippen MR) is 48.1 cm³/mol. The van der Waals surface area contributed by atoms with Crippen LogP contribution in [0.4, 0.5) is 8.78 Å². The van der Waals surface area contributed by atoms with Gasteiger partial charge in [0.25, 0.3) is 5.91 Å². The van der Waals surface area contributed by atoms with E-state index in [0.29, 0.717) is 19.6 Å². The Balaban J connectivity index is 2.63. The number of carbonyl (C=O) groups excluding carboxylic acids is 1. The number of halogens is 2. The second-order valence-corrected chi connectivity index (χ2v) is 3.48. The molecule has 0 spiro atoms. The van der Waals surface area contributed by atoms with Crippen LogP contribution in [0.5, 0.6) is 0 Å². The van der Waals surface area contributed by atoms with E-state index in [2.05, 4.69) is 0 Å². The van der Waals surface area contributed by atoms with Crippen LogP contribution < -0.4 is 5.73 Å². The van der Waals surface area contributed by atoms with Gasteiger partial charge in [0.05, 0.1) is 6.04 Å². The summed E-state index contributed by atoms with van der Waals surface area (Å²) in [6, 6.07) is -0.282. The first-order chi connectivity index (χ1) is 6.56. The number of nitrogens with zero attached hydrogens (tertiary/aromatic N) is 2. The molecule has 6 heteroatoms. The molecule has 0 radical (unpaired) electrons. The summed E-state index contributed by atoms with van der Waals surface area (Å²) in [6.07, 6.45) is -2.92. The van der Waals surface area contributed by atoms with E-state index in [0.717, 1.165) is 0 Å². The van der Waals surface area contributed by atoms with Crippen LogP contribution in [0.2, 0.25) is 0 Å². The zero-order valence-electron chi connectivity index (χ0n) is 8.12. The first-order valence-electron chi connectivity index (χ1n) is 4.53. The Morgan fingerprint density at radius 1 is 1.57 bits per heavy atom. The summed E-state index contributed by atoms with van der Waals surface area (Å²) in [5.41, 5.74) is 5.43. The number of piperazine rings is 1. The van der Waals surface area contributed by atoms with Gasteiger partial charge in [-0.05, 0) is 7.05 Å². The highest BCUT2D eigenvalue weighted by atomic mass is 19.3. The Morgan fingerprint density at radius 2 is 2.21 bits per heavy atom. The van der Waals surface area contributed by atoms with Crippen molar-refractivity contribution in [2.45, 2.75) is 12.5 Å². The van der Waals surface area contributed by atoms with Crippen molar-refractivity contribution >= 4 is 5.91 Å². The molecule has 0 aliphatic carbocycles. The molecule has 1 aliphatic heterocycles. The highest BCUT2D eigenvalue weighted by Gasteiger charge is 2.32. The summed E-state index contributed by atoms with van der Waals surface area (Å²) in [5, 5.41) is 0. The molecule has 1 saturated heterocycles. The van der Waals surface area contributed by atoms with E-state index >= 15 is 0 Å². The third kappa shape index (κ3) is 2.39. The number of carbonyl (C=O) groups is 1. The third-order valence-electron chi connectivity index (χ3n) is 2.43. The van der Waals surface area contributed by atoms with Gasteiger partial charge in [0, 0.05) is 26.2 Å². The molecule has 1 atom stereocenters. The zero-order valence-corrected chi connectivity index (χ0v) is 8.12. The van der Waals surface area contributed by atoms with Gasteiger partial charge in [-0.1, -0.05) is 0 Å². The monoisotopic (exact) mass is 207 g/mol. The molecule has 1 aliphatic rings. The summed E-state index contributed by atoms with van der Waals surface area (Å²) in [7, 11) is 1.88. The van der Waals surface area contributed by atoms with Gasteiger partial charge >= 0.3 is 6.43 Å². The lowest BCUT2D eigenvalue weighted by molar-refractivity contribution is -0.147. The molecule has 1 heterocycles. The first-order valence-corrected chi connectivity index (χ1v) is 4.53. The molecule has 14 heavy (non-hydrogen) atoms. The van der Waals surface area contributed by atoms with Crippen LogP contribution in [0.3, 0.4) is 0 Å². The molecular formula is C8H15F2N3O. The number of amides is 1. The van der Waals surface area contributed by atoms with Crippen molar-refractivity contribution in [2.75, 3.05) is 33.2 Å². The lowest BCUT2D eigenvalue weighted by Crippen LogP contribution is -2.58. The summed E-state index contributed by atoms with van der Waals surface area (Å²) in [6.45, 7) is 1.74. The first kappa shape index (κ1) is 11.3. The standard InChI is InChI=1S/C8H15F2N3O/c1-12-2-3-13(6(4-11)5-12)8(14)7(9)10/h6-7H,2-5,11H2,1H3. The average molecular weight is 207 g/mol. The Labute approximate surface area is 81.6 Å². The Morgan fingerprint density at radius 3 is 2.71 bits per heavy atom. The second kappa shape index (κ2) is 4.65. The topological polar surface area (TPSA) is 49.6 Å². The van der Waals surface area contributed by atoms with Gasteiger partial charge in [-0.2, -0.15) is 8.78 Å². The van der Waals surface area contributed by atoms with Gasteiger partial charge in [0.2, 0.25) is 0 Å². The molecule has 1 rings (SSSR count). The fraction of sp³-hybridized carbons (Fsp3) is 0.875. The maximum Gasteiger partial charge on any atom is 0.315 e. The van der Waals surface area contributed by atoms with Gasteiger partial charge < -0.3 is 15.5 Å². The highest BCUT2D eigenvalue weighted by molar-refractivity contribution is 5.79. The number of likely N-dealkylation sites (N-methyl/N-ethyl adjacent to an activating group) is 1. The maximum absolute atomic E-state index is 12.2. The van der Waals surface area contributed by atoms with Crippen molar-refractivity contribution in [1.29, 1.82) is 0 Å². The molecule has 4 nitrogen and oxygen atoms in total. The SMILES string of the molecule is CN1CCN(C(=O)C(F)F)C(CN)C1. The molecule has 0 aromatic heterocycles. The molecule has 1 amide bonds. The summed E-state index contributed by atoms with van der Waals surface area (Å²) in [4.78, 5) is 14.2. The van der Waals surface area contributed by atoms with E-state index in [1.165, 1.54) is 4.90 Å². The fourth-order valence-corrected chi connectivity index (χ4v) is 1.63. The quantitative estimate of drug-likeness (QED) is 0.655. The van der Waals surface area contributed by atoms with Crippen molar-refractivity contribution in [1.82, 2.24) is 9.80 Å². The number of nitrogens with two attached hydrogens (primary N) is 1. The third-order valence-corrected chi connectivity index (χ3v) is 2.43. The second-order valence-electron chi connectivity index (χ2n) is 3.48. The largest absolute Gasteiger partial charge is 0.331 e. The van der Waals surface area contributed by atoms with E-state index in [1.807, 2.05) is 11.9 Å². The molecule has 0 saturated carbocycles. The number of hydrogen-bond acceptors (Lipinski definition) is 3. The van der Waals surface area contributed by atoms with E-state index in [4.69, 9.17) is 5.73 Å². The predicted octanol–water partition coefficient (Wildman–Crippen LogP) is -0.647. The number of hydrogen-bond donors (Lipinski definition) is 1. The highest BCUT2D eigenvalue weighted by Crippen LogP contribution is 2.11. The fourth-order valence-electron chi connectivity index (χ4n) is 1.63. The minimum atomic E-state index is -2.92. The van der Waals surface area contributed by atoms with Crippen LogP contribution in [0, 0.1) is 0 Å². The molecule has 82 valence electrons. The summed E-state index contributed by atoms with van der Waals surface area (Å²) in [5.74, 6) is -1.10. The summed E-state index contributed by atoms with van der Waals surface area (Å²) < 4.78 is 24.3. The molecule has 0 aromatic rings. The summed E-state index contributed by atoms with van der Waals surface area (Å²) >= 11 is 0. The van der Waals surface area contributed by atoms with Gasteiger partial charge in [-0.15, -0.1) is 0 Å². The van der Waals surface area contributed by atoms with Gasteiger partial charge in [0.15, 0.2) is 0 Å². The lowest BCUT2D eigenvalue weighted by Gasteiger charge is -2.39. The van der Waals surface area contributed by atoms with E-state index in [1.54, 1.807) is 0 Å². The van der Waals surface area contributed by atoms with Crippen LogP contribution in [0.15, 0.2) is 0 Å². The van der Waals surface area contributed by atoms with Crippen molar-refractivity contribution in [3.05, 3.63) is 0 Å². The normalized spacial score (nSPS) is 24.4. The van der Waals surface area contributed by atoms with Crippen molar-refractivity contribution < 1.29 is 13.6 Å². The van der Waals surface area contributed by atoms with Crippen LogP contribution >= 0.6 is 0 Å². The molecule has 1 unspecified atom stereocenters. The van der Waals surface area contributed by atoms with Crippen molar-refractivity contribution in [2.24, 2.45) is 5.73 Å². The molecule has 0 aromatic carbocycles. The van der Waals surface area contributed by atoms with Crippen LogP contribution in [-0.2, 0) is 4.79 Å². The van der Waals surface area contributed by atoms with Crippen molar-refractivity contribution in [3.63, 3.8) is 0 Å². The smallest absolute Gasteiger partial charge is 0.315 e. The number of alkyl halides is 2. The van der Waals surface area contributed by atoms with E-state index in [-0.39, 0.29) is 12.6 Å². The number of rotatable bonds is 2. The Bertz CT molecular complexity index is 213. The Kier molecular flexibility index (Phi) is 3.77. The zero-order chi connectivity index (χ0) is 10.7. The molecule has 0 bridgehead atoms. The average Bonchev–Trinajstić information content (AvgIpc) is 2.16. The molecular weight excluding hydrogens is 192 g/mol. The van der Waals surface area contributed by atoms with Gasteiger partial charge in [-0.3, -0.25) is 4.79 Å². The minimum absolute atomic E-state index is 0.225. The maximum atomic E-state index is 12.2.